The van der Waals surface area contributed by atoms with E-state index in [-0.39, 0.29) is 41.4 Å². The number of H-pyrrole nitrogens is 2. The van der Waals surface area contributed by atoms with E-state index in [1.807, 2.05) is 31.2 Å². The molecule has 0 aliphatic heterocycles. The van der Waals surface area contributed by atoms with Crippen molar-refractivity contribution in [3.8, 4) is 39.5 Å². The van der Waals surface area contributed by atoms with Gasteiger partial charge in [0.15, 0.2) is 0 Å². The maximum Gasteiger partial charge on any atom is 0.389 e. The van der Waals surface area contributed by atoms with E-state index >= 15 is 4.39 Å². The summed E-state index contributed by atoms with van der Waals surface area (Å²) in [5, 5.41) is 13.7. The van der Waals surface area contributed by atoms with Gasteiger partial charge < -0.3 is 9.72 Å². The molecule has 7 nitrogen and oxygen atoms in total. The van der Waals surface area contributed by atoms with Crippen molar-refractivity contribution < 1.29 is 22.3 Å². The smallest absolute Gasteiger partial charge is 0.389 e. The number of alkyl halides is 3. The highest BCUT2D eigenvalue weighted by Gasteiger charge is 2.25. The Morgan fingerprint density at radius 2 is 1.75 bits per heavy atom. The molecule has 0 radical (unpaired) electrons. The molecule has 0 unspecified atom stereocenters. The Morgan fingerprint density at radius 3 is 2.42 bits per heavy atom. The van der Waals surface area contributed by atoms with Crippen molar-refractivity contribution >= 4 is 0 Å². The number of benzene rings is 2. The summed E-state index contributed by atoms with van der Waals surface area (Å²) in [4.78, 5) is 15.7. The summed E-state index contributed by atoms with van der Waals surface area (Å²) in [6, 6.07) is 13.3. The number of unbranched alkanes of at least 4 members (excludes halogenated alkanes) is 2. The molecule has 2 N–H and O–H groups in total. The third kappa shape index (κ3) is 6.15. The highest BCUT2D eigenvalue weighted by atomic mass is 19.4. The molecular formula is C25H23F4N5O2. The van der Waals surface area contributed by atoms with E-state index < -0.39 is 24.0 Å². The van der Waals surface area contributed by atoms with Crippen molar-refractivity contribution in [3.05, 3.63) is 70.3 Å². The number of aryl methyl sites for hydroxylation is 1. The minimum atomic E-state index is -4.16. The monoisotopic (exact) mass is 501 g/mol. The second-order valence-corrected chi connectivity index (χ2v) is 8.32. The molecule has 0 atom stereocenters. The average Bonchev–Trinajstić information content (AvgIpc) is 3.35. The van der Waals surface area contributed by atoms with Crippen LogP contribution in [0.25, 0.3) is 33.8 Å². The first kappa shape index (κ1) is 25.1. The fourth-order valence-electron chi connectivity index (χ4n) is 3.75. The highest BCUT2D eigenvalue weighted by Crippen LogP contribution is 2.32. The van der Waals surface area contributed by atoms with E-state index in [2.05, 4.69) is 25.6 Å². The molecule has 4 aromatic rings. The summed E-state index contributed by atoms with van der Waals surface area (Å²) in [6.07, 6.45) is -4.19. The van der Waals surface area contributed by atoms with Crippen molar-refractivity contribution in [2.75, 3.05) is 6.61 Å². The first-order chi connectivity index (χ1) is 17.2. The Hall–Kier alpha value is -4.02. The number of aromatic nitrogens is 5. The summed E-state index contributed by atoms with van der Waals surface area (Å²) >= 11 is 0. The highest BCUT2D eigenvalue weighted by molar-refractivity contribution is 5.83. The molecule has 0 aliphatic rings. The number of ether oxygens (including phenoxy) is 1. The van der Waals surface area contributed by atoms with Crippen LogP contribution in [0.3, 0.4) is 0 Å². The number of halogens is 4. The lowest BCUT2D eigenvalue weighted by Crippen LogP contribution is -2.13. The van der Waals surface area contributed by atoms with E-state index in [1.165, 1.54) is 12.1 Å². The fraction of sp³-hybridized carbons (Fsp3) is 0.280. The summed E-state index contributed by atoms with van der Waals surface area (Å²) in [5.74, 6) is -0.267. The third-order valence-electron chi connectivity index (χ3n) is 5.57. The van der Waals surface area contributed by atoms with Gasteiger partial charge in [-0.2, -0.15) is 18.4 Å². The van der Waals surface area contributed by atoms with Gasteiger partial charge in [0.1, 0.15) is 11.6 Å². The number of nitrogens with one attached hydrogen (secondary N) is 2. The van der Waals surface area contributed by atoms with Crippen molar-refractivity contribution in [3.63, 3.8) is 0 Å². The maximum absolute atomic E-state index is 15.0. The van der Waals surface area contributed by atoms with Crippen LogP contribution in [-0.4, -0.2) is 38.4 Å². The molecule has 36 heavy (non-hydrogen) atoms. The molecule has 0 saturated heterocycles. The summed E-state index contributed by atoms with van der Waals surface area (Å²) < 4.78 is 57.1. The van der Waals surface area contributed by atoms with Crippen LogP contribution in [0.4, 0.5) is 17.6 Å². The number of hydrogen-bond acceptors (Lipinski definition) is 5. The zero-order chi connectivity index (χ0) is 25.7. The van der Waals surface area contributed by atoms with Crippen LogP contribution in [0.2, 0.25) is 0 Å². The molecule has 0 aliphatic carbocycles. The van der Waals surface area contributed by atoms with Gasteiger partial charge >= 0.3 is 6.18 Å². The van der Waals surface area contributed by atoms with Gasteiger partial charge in [0.25, 0.3) is 5.56 Å². The number of aromatic amines is 2. The Bertz CT molecular complexity index is 1370. The largest absolute Gasteiger partial charge is 0.493 e. The Labute approximate surface area is 203 Å². The lowest BCUT2D eigenvalue weighted by molar-refractivity contribution is -0.135. The van der Waals surface area contributed by atoms with Gasteiger partial charge in [-0.25, -0.2) is 4.39 Å². The van der Waals surface area contributed by atoms with Crippen molar-refractivity contribution in [1.29, 1.82) is 0 Å². The SMILES string of the molecule is Cc1ccc(-c2cc(-c3ccc(OCCCCCC(F)(F)F)cc3F)[nH]c(=O)c2-c2nn[nH]n2)cc1. The predicted molar refractivity (Wildman–Crippen MR) is 126 cm³/mol. The van der Waals surface area contributed by atoms with Crippen LogP contribution in [0, 0.1) is 12.7 Å². The zero-order valence-electron chi connectivity index (χ0n) is 19.3. The van der Waals surface area contributed by atoms with Crippen LogP contribution in [0.5, 0.6) is 5.75 Å². The van der Waals surface area contributed by atoms with Gasteiger partial charge in [0, 0.05) is 23.6 Å². The van der Waals surface area contributed by atoms with Gasteiger partial charge in [-0.1, -0.05) is 29.8 Å². The summed E-state index contributed by atoms with van der Waals surface area (Å²) in [5.41, 5.74) is 2.35. The standard InChI is InChI=1S/C25H23F4N5O2/c1-15-5-7-16(8-6-15)19-14-21(30-24(35)22(19)23-31-33-34-32-23)18-10-9-17(13-20(18)26)36-12-4-2-3-11-25(27,28)29/h5-10,13-14H,2-4,11-12H2,1H3,(H,30,35)(H,31,32,33,34). The van der Waals surface area contributed by atoms with Crippen LogP contribution in [-0.2, 0) is 0 Å². The van der Waals surface area contributed by atoms with E-state index in [0.717, 1.165) is 11.1 Å². The molecule has 188 valence electrons. The molecule has 2 aromatic heterocycles. The Morgan fingerprint density at radius 1 is 0.972 bits per heavy atom. The van der Waals surface area contributed by atoms with Crippen LogP contribution in [0.1, 0.15) is 31.2 Å². The Kier molecular flexibility index (Phi) is 7.47. The summed E-state index contributed by atoms with van der Waals surface area (Å²) in [7, 11) is 0. The molecule has 11 heteroatoms. The van der Waals surface area contributed by atoms with Crippen molar-refractivity contribution in [2.45, 2.75) is 38.8 Å². The number of nitrogens with zero attached hydrogens (tertiary/aromatic N) is 3. The average molecular weight is 501 g/mol. The molecule has 2 aromatic carbocycles. The number of hydrogen-bond donors (Lipinski definition) is 2. The molecule has 0 bridgehead atoms. The van der Waals surface area contributed by atoms with Crippen LogP contribution in [0.15, 0.2) is 53.3 Å². The molecule has 2 heterocycles. The van der Waals surface area contributed by atoms with Gasteiger partial charge in [0.05, 0.1) is 17.9 Å². The number of pyridine rings is 1. The minimum absolute atomic E-state index is 0.0245. The van der Waals surface area contributed by atoms with E-state index in [0.29, 0.717) is 18.4 Å². The van der Waals surface area contributed by atoms with E-state index in [1.54, 1.807) is 12.1 Å². The zero-order valence-corrected chi connectivity index (χ0v) is 19.3. The quantitative estimate of drug-likeness (QED) is 0.222. The predicted octanol–water partition coefficient (Wildman–Crippen LogP) is 5.84. The maximum atomic E-state index is 15.0. The molecule has 0 fully saturated rings. The van der Waals surface area contributed by atoms with Crippen LogP contribution >= 0.6 is 0 Å². The van der Waals surface area contributed by atoms with E-state index in [4.69, 9.17) is 4.74 Å². The lowest BCUT2D eigenvalue weighted by Gasteiger charge is -2.12. The van der Waals surface area contributed by atoms with Crippen molar-refractivity contribution in [2.24, 2.45) is 0 Å². The third-order valence-corrected chi connectivity index (χ3v) is 5.57. The molecule has 0 spiro atoms. The fourth-order valence-corrected chi connectivity index (χ4v) is 3.75. The molecular weight excluding hydrogens is 478 g/mol. The van der Waals surface area contributed by atoms with Gasteiger partial charge in [0.2, 0.25) is 5.82 Å². The lowest BCUT2D eigenvalue weighted by atomic mass is 9.97. The summed E-state index contributed by atoms with van der Waals surface area (Å²) in [6.45, 7) is 2.11. The van der Waals surface area contributed by atoms with Crippen LogP contribution < -0.4 is 10.3 Å². The second-order valence-electron chi connectivity index (χ2n) is 8.32. The number of rotatable bonds is 9. The molecule has 0 saturated carbocycles. The van der Waals surface area contributed by atoms with Gasteiger partial charge in [-0.15, -0.1) is 10.2 Å². The second kappa shape index (κ2) is 10.7. The molecule has 4 rings (SSSR count). The van der Waals surface area contributed by atoms with Crippen molar-refractivity contribution in [1.82, 2.24) is 25.6 Å². The minimum Gasteiger partial charge on any atom is -0.493 e. The first-order valence-corrected chi connectivity index (χ1v) is 11.3. The molecule has 0 amide bonds. The van der Waals surface area contributed by atoms with Gasteiger partial charge in [-0.05, 0) is 55.2 Å². The normalized spacial score (nSPS) is 11.6. The number of tetrazole rings is 1. The van der Waals surface area contributed by atoms with E-state index in [9.17, 15) is 18.0 Å². The topological polar surface area (TPSA) is 96.5 Å². The van der Waals surface area contributed by atoms with Gasteiger partial charge in [-0.3, -0.25) is 4.79 Å². The first-order valence-electron chi connectivity index (χ1n) is 11.3. The Balaban J connectivity index is 1.57.